The minimum absolute atomic E-state index is 0.595. The van der Waals surface area contributed by atoms with Crippen LogP contribution in [0.25, 0.3) is 11.4 Å². The Morgan fingerprint density at radius 2 is 2.05 bits per heavy atom. The van der Waals surface area contributed by atoms with Gasteiger partial charge in [-0.2, -0.15) is 0 Å². The third-order valence-corrected chi connectivity index (χ3v) is 2.80. The third kappa shape index (κ3) is 2.63. The van der Waals surface area contributed by atoms with Gasteiger partial charge in [-0.3, -0.25) is 0 Å². The molecule has 4 heteroatoms. The van der Waals surface area contributed by atoms with Crippen LogP contribution in [0.5, 0.6) is 0 Å². The van der Waals surface area contributed by atoms with Crippen molar-refractivity contribution in [3.8, 4) is 11.4 Å². The lowest BCUT2D eigenvalue weighted by Crippen LogP contribution is -1.98. The van der Waals surface area contributed by atoms with E-state index in [-0.39, 0.29) is 0 Å². The highest BCUT2D eigenvalue weighted by molar-refractivity contribution is 5.59. The van der Waals surface area contributed by atoms with Crippen LogP contribution < -0.4 is 5.32 Å². The molecule has 0 aliphatic carbocycles. The van der Waals surface area contributed by atoms with E-state index in [1.807, 2.05) is 36.5 Å². The van der Waals surface area contributed by atoms with E-state index in [0.717, 1.165) is 17.1 Å². The highest BCUT2D eigenvalue weighted by Crippen LogP contribution is 2.18. The van der Waals surface area contributed by atoms with Crippen LogP contribution >= 0.6 is 0 Å². The minimum atomic E-state index is 0.595. The highest BCUT2D eigenvalue weighted by atomic mass is 15.1. The zero-order valence-electron chi connectivity index (χ0n) is 10.6. The van der Waals surface area contributed by atoms with Gasteiger partial charge in [-0.15, -0.1) is 0 Å². The molecule has 0 aliphatic rings. The second-order valence-corrected chi connectivity index (χ2v) is 4.34. The lowest BCUT2D eigenvalue weighted by atomic mass is 10.2. The molecule has 0 fully saturated rings. The summed E-state index contributed by atoms with van der Waals surface area (Å²) in [5.41, 5.74) is 4.04. The summed E-state index contributed by atoms with van der Waals surface area (Å²) < 4.78 is 0. The number of anilines is 2. The molecule has 0 aliphatic heterocycles. The van der Waals surface area contributed by atoms with E-state index in [9.17, 15) is 0 Å². The molecule has 0 saturated carbocycles. The molecule has 0 bridgehead atoms. The molecule has 0 atom stereocenters. The molecule has 0 spiro atoms. The molecule has 0 amide bonds. The number of nitrogens with zero attached hydrogens (tertiary/aromatic N) is 2. The fraction of sp³-hybridized carbons (Fsp3) is 0.0667. The topological polar surface area (TPSA) is 53.6 Å². The summed E-state index contributed by atoms with van der Waals surface area (Å²) in [6.07, 6.45) is 3.63. The number of H-pyrrole nitrogens is 1. The van der Waals surface area contributed by atoms with Crippen LogP contribution in [-0.4, -0.2) is 15.0 Å². The van der Waals surface area contributed by atoms with E-state index in [4.69, 9.17) is 0 Å². The summed E-state index contributed by atoms with van der Waals surface area (Å²) in [6, 6.07) is 13.9. The van der Waals surface area contributed by atoms with Gasteiger partial charge in [-0.05, 0) is 42.8 Å². The average Bonchev–Trinajstić information content (AvgIpc) is 2.93. The van der Waals surface area contributed by atoms with Crippen LogP contribution in [0.4, 0.5) is 11.6 Å². The zero-order chi connectivity index (χ0) is 13.1. The van der Waals surface area contributed by atoms with Gasteiger partial charge in [0.15, 0.2) is 0 Å². The van der Waals surface area contributed by atoms with E-state index < -0.39 is 0 Å². The molecule has 3 aromatic rings. The Labute approximate surface area is 111 Å². The second kappa shape index (κ2) is 4.94. The Bertz CT molecular complexity index is 674. The second-order valence-electron chi connectivity index (χ2n) is 4.34. The van der Waals surface area contributed by atoms with Crippen molar-refractivity contribution in [2.45, 2.75) is 6.92 Å². The lowest BCUT2D eigenvalue weighted by molar-refractivity contribution is 1.16. The van der Waals surface area contributed by atoms with Crippen LogP contribution in [0, 0.1) is 6.92 Å². The maximum Gasteiger partial charge on any atom is 0.227 e. The Kier molecular flexibility index (Phi) is 2.98. The molecule has 2 N–H and O–H groups in total. The van der Waals surface area contributed by atoms with Gasteiger partial charge in [0.1, 0.15) is 0 Å². The van der Waals surface area contributed by atoms with Crippen molar-refractivity contribution in [3.63, 3.8) is 0 Å². The lowest BCUT2D eigenvalue weighted by Gasteiger charge is -2.06. The Balaban J connectivity index is 1.88. The van der Waals surface area contributed by atoms with Crippen molar-refractivity contribution in [3.05, 3.63) is 60.4 Å². The molecule has 3 rings (SSSR count). The van der Waals surface area contributed by atoms with Crippen LogP contribution in [0.15, 0.2) is 54.9 Å². The molecule has 0 saturated heterocycles. The SMILES string of the molecule is Cc1cccc(Nc2nccc(-c3ccc[nH]3)n2)c1. The number of hydrogen-bond donors (Lipinski definition) is 2. The van der Waals surface area contributed by atoms with Gasteiger partial charge >= 0.3 is 0 Å². The monoisotopic (exact) mass is 250 g/mol. The van der Waals surface area contributed by atoms with E-state index in [2.05, 4.69) is 39.3 Å². The summed E-state index contributed by atoms with van der Waals surface area (Å²) in [6.45, 7) is 2.06. The van der Waals surface area contributed by atoms with Crippen LogP contribution in [0.2, 0.25) is 0 Å². The van der Waals surface area contributed by atoms with Crippen molar-refractivity contribution in [2.24, 2.45) is 0 Å². The summed E-state index contributed by atoms with van der Waals surface area (Å²) >= 11 is 0. The minimum Gasteiger partial charge on any atom is -0.360 e. The largest absolute Gasteiger partial charge is 0.360 e. The number of aryl methyl sites for hydroxylation is 1. The quantitative estimate of drug-likeness (QED) is 0.747. The number of nitrogens with one attached hydrogen (secondary N) is 2. The smallest absolute Gasteiger partial charge is 0.227 e. The van der Waals surface area contributed by atoms with Crippen LogP contribution in [0.3, 0.4) is 0 Å². The third-order valence-electron chi connectivity index (χ3n) is 2.80. The van der Waals surface area contributed by atoms with Crippen molar-refractivity contribution in [1.29, 1.82) is 0 Å². The standard InChI is InChI=1S/C15H14N4/c1-11-4-2-5-12(10-11)18-15-17-9-7-14(19-15)13-6-3-8-16-13/h2-10,16H,1H3,(H,17,18,19). The van der Waals surface area contributed by atoms with E-state index in [1.165, 1.54) is 5.56 Å². The van der Waals surface area contributed by atoms with E-state index in [0.29, 0.717) is 5.95 Å². The fourth-order valence-corrected chi connectivity index (χ4v) is 1.91. The first-order valence-corrected chi connectivity index (χ1v) is 6.12. The first-order chi connectivity index (χ1) is 9.31. The summed E-state index contributed by atoms with van der Waals surface area (Å²) in [4.78, 5) is 11.9. The van der Waals surface area contributed by atoms with Gasteiger partial charge in [0, 0.05) is 18.1 Å². The van der Waals surface area contributed by atoms with Crippen LogP contribution in [-0.2, 0) is 0 Å². The molecule has 1 aromatic carbocycles. The summed E-state index contributed by atoms with van der Waals surface area (Å²) in [5, 5.41) is 3.21. The number of aromatic amines is 1. The maximum absolute atomic E-state index is 4.49. The molecule has 2 heterocycles. The molecular weight excluding hydrogens is 236 g/mol. The summed E-state index contributed by atoms with van der Waals surface area (Å²) in [5.74, 6) is 0.595. The van der Waals surface area contributed by atoms with Gasteiger partial charge in [-0.1, -0.05) is 12.1 Å². The molecule has 94 valence electrons. The van der Waals surface area contributed by atoms with Gasteiger partial charge in [0.25, 0.3) is 0 Å². The molecule has 19 heavy (non-hydrogen) atoms. The molecule has 0 unspecified atom stereocenters. The highest BCUT2D eigenvalue weighted by Gasteiger charge is 2.03. The molecular formula is C15H14N4. The molecule has 0 radical (unpaired) electrons. The maximum atomic E-state index is 4.49. The molecule has 2 aromatic heterocycles. The van der Waals surface area contributed by atoms with Crippen LogP contribution in [0.1, 0.15) is 5.56 Å². The van der Waals surface area contributed by atoms with Crippen molar-refractivity contribution in [2.75, 3.05) is 5.32 Å². The van der Waals surface area contributed by atoms with E-state index in [1.54, 1.807) is 6.20 Å². The fourth-order valence-electron chi connectivity index (χ4n) is 1.91. The average molecular weight is 250 g/mol. The summed E-state index contributed by atoms with van der Waals surface area (Å²) in [7, 11) is 0. The normalized spacial score (nSPS) is 10.4. The van der Waals surface area contributed by atoms with Gasteiger partial charge < -0.3 is 10.3 Å². The Hall–Kier alpha value is -2.62. The van der Waals surface area contributed by atoms with Crippen molar-refractivity contribution >= 4 is 11.6 Å². The Morgan fingerprint density at radius 3 is 2.84 bits per heavy atom. The molecule has 4 nitrogen and oxygen atoms in total. The predicted molar refractivity (Wildman–Crippen MR) is 76.3 cm³/mol. The Morgan fingerprint density at radius 1 is 1.11 bits per heavy atom. The first-order valence-electron chi connectivity index (χ1n) is 6.12. The van der Waals surface area contributed by atoms with Gasteiger partial charge in [0.2, 0.25) is 5.95 Å². The number of aromatic nitrogens is 3. The number of hydrogen-bond acceptors (Lipinski definition) is 3. The predicted octanol–water partition coefficient (Wildman–Crippen LogP) is 3.52. The number of rotatable bonds is 3. The first kappa shape index (κ1) is 11.5. The van der Waals surface area contributed by atoms with Crippen molar-refractivity contribution in [1.82, 2.24) is 15.0 Å². The van der Waals surface area contributed by atoms with E-state index >= 15 is 0 Å². The van der Waals surface area contributed by atoms with Gasteiger partial charge in [0.05, 0.1) is 11.4 Å². The zero-order valence-corrected chi connectivity index (χ0v) is 10.6. The number of benzene rings is 1. The van der Waals surface area contributed by atoms with Gasteiger partial charge in [-0.25, -0.2) is 9.97 Å². The van der Waals surface area contributed by atoms with Crippen molar-refractivity contribution < 1.29 is 0 Å².